The van der Waals surface area contributed by atoms with Gasteiger partial charge in [0.15, 0.2) is 0 Å². The van der Waals surface area contributed by atoms with Crippen LogP contribution in [0.3, 0.4) is 0 Å². The quantitative estimate of drug-likeness (QED) is 0.310. The largest absolute Gasteiger partial charge is 0.497 e. The van der Waals surface area contributed by atoms with Gasteiger partial charge in [-0.2, -0.15) is 5.10 Å². The van der Waals surface area contributed by atoms with Gasteiger partial charge in [0.05, 0.1) is 46.0 Å². The number of urea groups is 1. The Morgan fingerprint density at radius 1 is 1.13 bits per heavy atom. The number of benzene rings is 2. The molecule has 1 aliphatic rings. The molecular weight excluding hydrogens is 559 g/mol. The van der Waals surface area contributed by atoms with Gasteiger partial charge in [0.1, 0.15) is 5.75 Å². The Morgan fingerprint density at radius 3 is 2.62 bits per heavy atom. The Morgan fingerprint density at radius 2 is 1.90 bits per heavy atom. The van der Waals surface area contributed by atoms with E-state index in [0.29, 0.717) is 46.7 Å². The number of nitrogens with zero attached hydrogens (tertiary/aromatic N) is 5. The van der Waals surface area contributed by atoms with Crippen LogP contribution in [0.2, 0.25) is 10.0 Å². The first kappa shape index (κ1) is 27.0. The number of nitrogens with one attached hydrogen (secondary N) is 1. The summed E-state index contributed by atoms with van der Waals surface area (Å²) >= 11 is 13.7. The average Bonchev–Trinajstić information content (AvgIpc) is 3.57. The van der Waals surface area contributed by atoms with Crippen LogP contribution >= 0.6 is 34.5 Å². The van der Waals surface area contributed by atoms with Crippen LogP contribution in [-0.4, -0.2) is 69.3 Å². The summed E-state index contributed by atoms with van der Waals surface area (Å²) in [6.07, 6.45) is 1.58. The Hall–Kier alpha value is -3.60. The number of halogens is 2. The highest BCUT2D eigenvalue weighted by molar-refractivity contribution is 7.12. The van der Waals surface area contributed by atoms with Crippen molar-refractivity contribution >= 4 is 52.2 Å². The number of rotatable bonds is 5. The number of carbonyl (C=O) groups is 2. The predicted octanol–water partition coefficient (Wildman–Crippen LogP) is 6.00. The zero-order valence-corrected chi connectivity index (χ0v) is 23.8. The molecule has 2 aromatic carbocycles. The van der Waals surface area contributed by atoms with Crippen molar-refractivity contribution in [3.05, 3.63) is 75.3 Å². The molecule has 39 heavy (non-hydrogen) atoms. The molecule has 1 unspecified atom stereocenters. The highest BCUT2D eigenvalue weighted by Gasteiger charge is 2.32. The maximum absolute atomic E-state index is 13.4. The topological polar surface area (TPSA) is 92.6 Å². The Balaban J connectivity index is 1.25. The summed E-state index contributed by atoms with van der Waals surface area (Å²) in [5.74, 6) is 0.650. The van der Waals surface area contributed by atoms with Gasteiger partial charge in [-0.3, -0.25) is 4.79 Å². The first-order valence-electron chi connectivity index (χ1n) is 12.2. The maximum Gasteiger partial charge on any atom is 0.322 e. The third-order valence-corrected chi connectivity index (χ3v) is 8.30. The van der Waals surface area contributed by atoms with Gasteiger partial charge in [-0.25, -0.2) is 14.5 Å². The van der Waals surface area contributed by atoms with Crippen LogP contribution in [0.15, 0.2) is 54.0 Å². The van der Waals surface area contributed by atoms with Gasteiger partial charge >= 0.3 is 6.03 Å². The minimum absolute atomic E-state index is 0.129. The predicted molar refractivity (Wildman–Crippen MR) is 154 cm³/mol. The number of ether oxygens (including phenoxy) is 1. The summed E-state index contributed by atoms with van der Waals surface area (Å²) in [4.78, 5) is 34.5. The number of thiazole rings is 1. The molecule has 3 heterocycles. The Bertz CT molecular complexity index is 1520. The zero-order valence-electron chi connectivity index (χ0n) is 21.5. The van der Waals surface area contributed by atoms with Gasteiger partial charge in [0, 0.05) is 36.6 Å². The third-order valence-electron chi connectivity index (χ3n) is 6.67. The lowest BCUT2D eigenvalue weighted by Crippen LogP contribution is -2.56. The lowest BCUT2D eigenvalue weighted by atomic mass is 10.1. The van der Waals surface area contributed by atoms with Crippen LogP contribution in [0.4, 0.5) is 10.5 Å². The number of hydrogen-bond acceptors (Lipinski definition) is 6. The van der Waals surface area contributed by atoms with Gasteiger partial charge in [-0.05, 0) is 50.2 Å². The van der Waals surface area contributed by atoms with Gasteiger partial charge < -0.3 is 19.9 Å². The van der Waals surface area contributed by atoms with Gasteiger partial charge in [0.25, 0.3) is 5.91 Å². The van der Waals surface area contributed by atoms with Crippen LogP contribution in [-0.2, 0) is 0 Å². The number of amides is 3. The molecule has 12 heteroatoms. The summed E-state index contributed by atoms with van der Waals surface area (Å²) in [7, 11) is 1.63. The molecule has 0 spiro atoms. The monoisotopic (exact) mass is 584 g/mol. The van der Waals surface area contributed by atoms with Crippen molar-refractivity contribution in [3.63, 3.8) is 0 Å². The molecule has 0 aliphatic carbocycles. The lowest BCUT2D eigenvalue weighted by molar-refractivity contribution is 0.0591. The first-order valence-corrected chi connectivity index (χ1v) is 13.9. The molecule has 1 fully saturated rings. The van der Waals surface area contributed by atoms with Crippen LogP contribution in [0, 0.1) is 6.92 Å². The first-order chi connectivity index (χ1) is 18.8. The maximum atomic E-state index is 13.4. The highest BCUT2D eigenvalue weighted by atomic mass is 35.5. The van der Waals surface area contributed by atoms with E-state index in [1.54, 1.807) is 46.0 Å². The number of piperazine rings is 1. The molecule has 1 atom stereocenters. The van der Waals surface area contributed by atoms with E-state index in [0.717, 1.165) is 17.0 Å². The number of aromatic nitrogens is 3. The lowest BCUT2D eigenvalue weighted by Gasteiger charge is -2.39. The van der Waals surface area contributed by atoms with E-state index in [9.17, 15) is 9.59 Å². The van der Waals surface area contributed by atoms with Crippen molar-refractivity contribution in [1.29, 1.82) is 0 Å². The standard InChI is InChI=1S/C27H26Cl2N6O3S/c1-16-14-33(11-12-34(16)26(37)31-22-6-4-5-21(28)24(22)29)25(36)20-13-30-35(17(20)2)27-32-23(15-39-27)18-7-9-19(38-3)10-8-18/h4-10,13,15-16H,11-12,14H2,1-3H3,(H,31,37). The van der Waals surface area contributed by atoms with E-state index < -0.39 is 0 Å². The van der Waals surface area contributed by atoms with E-state index in [1.165, 1.54) is 11.3 Å². The van der Waals surface area contributed by atoms with Crippen molar-refractivity contribution in [2.45, 2.75) is 19.9 Å². The average molecular weight is 586 g/mol. The second kappa shape index (κ2) is 11.3. The molecule has 3 amide bonds. The fourth-order valence-electron chi connectivity index (χ4n) is 4.47. The Labute approximate surface area is 239 Å². The number of carbonyl (C=O) groups excluding carboxylic acids is 2. The minimum atomic E-state index is -0.292. The number of anilines is 1. The molecule has 0 radical (unpaired) electrons. The van der Waals surface area contributed by atoms with E-state index in [-0.39, 0.29) is 23.0 Å². The number of methoxy groups -OCH3 is 1. The minimum Gasteiger partial charge on any atom is -0.497 e. The molecule has 9 nitrogen and oxygen atoms in total. The molecule has 5 rings (SSSR count). The summed E-state index contributed by atoms with van der Waals surface area (Å²) in [6, 6.07) is 12.3. The van der Waals surface area contributed by atoms with Gasteiger partial charge in [0.2, 0.25) is 5.13 Å². The Kier molecular flexibility index (Phi) is 7.79. The van der Waals surface area contributed by atoms with Crippen molar-refractivity contribution in [3.8, 4) is 22.1 Å². The second-order valence-electron chi connectivity index (χ2n) is 9.12. The van der Waals surface area contributed by atoms with Crippen molar-refractivity contribution in [2.75, 3.05) is 32.1 Å². The van der Waals surface area contributed by atoms with E-state index in [4.69, 9.17) is 32.9 Å². The molecule has 202 valence electrons. The molecule has 4 aromatic rings. The molecule has 1 aliphatic heterocycles. The SMILES string of the molecule is COc1ccc(-c2csc(-n3ncc(C(=O)N4CCN(C(=O)Nc5cccc(Cl)c5Cl)C(C)C4)c3C)n2)cc1. The van der Waals surface area contributed by atoms with Crippen molar-refractivity contribution in [1.82, 2.24) is 24.6 Å². The molecule has 0 saturated carbocycles. The van der Waals surface area contributed by atoms with Crippen molar-refractivity contribution in [2.24, 2.45) is 0 Å². The summed E-state index contributed by atoms with van der Waals surface area (Å²) in [5, 5.41) is 10.6. The summed E-state index contributed by atoms with van der Waals surface area (Å²) < 4.78 is 6.91. The van der Waals surface area contributed by atoms with Crippen LogP contribution in [0.25, 0.3) is 16.4 Å². The molecule has 1 saturated heterocycles. The summed E-state index contributed by atoms with van der Waals surface area (Å²) in [6.45, 7) is 4.92. The second-order valence-corrected chi connectivity index (χ2v) is 10.7. The third kappa shape index (κ3) is 5.45. The van der Waals surface area contributed by atoms with E-state index in [2.05, 4.69) is 10.4 Å². The van der Waals surface area contributed by atoms with Gasteiger partial charge in [-0.1, -0.05) is 29.3 Å². The van der Waals surface area contributed by atoms with Crippen LogP contribution < -0.4 is 10.1 Å². The molecular formula is C27H26Cl2N6O3S. The fourth-order valence-corrected chi connectivity index (χ4v) is 5.66. The fraction of sp³-hybridized carbons (Fsp3) is 0.259. The van der Waals surface area contributed by atoms with Crippen molar-refractivity contribution < 1.29 is 14.3 Å². The smallest absolute Gasteiger partial charge is 0.322 e. The van der Waals surface area contributed by atoms with Crippen LogP contribution in [0.5, 0.6) is 5.75 Å². The number of hydrogen-bond donors (Lipinski definition) is 1. The highest BCUT2D eigenvalue weighted by Crippen LogP contribution is 2.30. The zero-order chi connectivity index (χ0) is 27.7. The van der Waals surface area contributed by atoms with Gasteiger partial charge in [-0.15, -0.1) is 11.3 Å². The van der Waals surface area contributed by atoms with Crippen LogP contribution in [0.1, 0.15) is 23.0 Å². The summed E-state index contributed by atoms with van der Waals surface area (Å²) in [5.41, 5.74) is 3.45. The molecule has 0 bridgehead atoms. The molecule has 2 aromatic heterocycles. The normalized spacial score (nSPS) is 15.4. The van der Waals surface area contributed by atoms with E-state index >= 15 is 0 Å². The molecule has 1 N–H and O–H groups in total. The van der Waals surface area contributed by atoms with E-state index in [1.807, 2.05) is 43.5 Å².